The smallest absolute Gasteiger partial charge is 0.255 e. The van der Waals surface area contributed by atoms with Crippen LogP contribution in [-0.4, -0.2) is 25.7 Å². The summed E-state index contributed by atoms with van der Waals surface area (Å²) in [6.07, 6.45) is 0. The minimum absolute atomic E-state index is 0.202. The van der Waals surface area contributed by atoms with Gasteiger partial charge in [0, 0.05) is 24.8 Å². The molecule has 6 heteroatoms. The van der Waals surface area contributed by atoms with Crippen LogP contribution >= 0.6 is 0 Å². The summed E-state index contributed by atoms with van der Waals surface area (Å²) in [5.41, 5.74) is 4.23. The summed E-state index contributed by atoms with van der Waals surface area (Å²) in [7, 11) is -2.01. The third-order valence-electron chi connectivity index (χ3n) is 4.55. The van der Waals surface area contributed by atoms with E-state index in [0.717, 1.165) is 22.4 Å². The van der Waals surface area contributed by atoms with E-state index in [4.69, 9.17) is 0 Å². The van der Waals surface area contributed by atoms with Crippen molar-refractivity contribution >= 4 is 21.6 Å². The molecule has 0 atom stereocenters. The van der Waals surface area contributed by atoms with Crippen LogP contribution in [0.5, 0.6) is 0 Å². The second-order valence-electron chi connectivity index (χ2n) is 7.10. The molecule has 0 aliphatic rings. The summed E-state index contributed by atoms with van der Waals surface area (Å²) in [6.45, 7) is 4.19. The lowest BCUT2D eigenvalue weighted by molar-refractivity contribution is 0.102. The largest absolute Gasteiger partial charge is 0.322 e. The molecule has 0 spiro atoms. The Balaban J connectivity index is 1.69. The number of rotatable bonds is 6. The van der Waals surface area contributed by atoms with Crippen molar-refractivity contribution in [3.63, 3.8) is 0 Å². The first-order chi connectivity index (χ1) is 13.8. The van der Waals surface area contributed by atoms with Crippen molar-refractivity contribution in [2.75, 3.05) is 12.4 Å². The monoisotopic (exact) mass is 408 g/mol. The molecule has 5 nitrogen and oxygen atoms in total. The van der Waals surface area contributed by atoms with Gasteiger partial charge < -0.3 is 5.32 Å². The lowest BCUT2D eigenvalue weighted by Gasteiger charge is -2.17. The first-order valence-corrected chi connectivity index (χ1v) is 10.7. The van der Waals surface area contributed by atoms with E-state index in [0.29, 0.717) is 5.56 Å². The number of amides is 1. The molecule has 29 heavy (non-hydrogen) atoms. The van der Waals surface area contributed by atoms with Gasteiger partial charge >= 0.3 is 0 Å². The van der Waals surface area contributed by atoms with Gasteiger partial charge in [0.15, 0.2) is 0 Å². The number of nitrogens with zero attached hydrogens (tertiary/aromatic N) is 1. The fourth-order valence-electron chi connectivity index (χ4n) is 3.13. The Morgan fingerprint density at radius 3 is 2.07 bits per heavy atom. The van der Waals surface area contributed by atoms with E-state index in [1.165, 1.54) is 4.31 Å². The van der Waals surface area contributed by atoms with Crippen LogP contribution in [0, 0.1) is 13.8 Å². The van der Waals surface area contributed by atoms with Gasteiger partial charge in [0.1, 0.15) is 0 Å². The highest BCUT2D eigenvalue weighted by Crippen LogP contribution is 2.18. The molecule has 0 fully saturated rings. The van der Waals surface area contributed by atoms with Crippen LogP contribution in [0.2, 0.25) is 0 Å². The molecule has 0 saturated carbocycles. The molecular weight excluding hydrogens is 384 g/mol. The van der Waals surface area contributed by atoms with Crippen LogP contribution in [-0.2, 0) is 16.6 Å². The maximum absolute atomic E-state index is 12.6. The molecule has 0 saturated heterocycles. The lowest BCUT2D eigenvalue weighted by Crippen LogP contribution is -2.26. The number of carbonyl (C=O) groups excluding carboxylic acids is 1. The Bertz CT molecular complexity index is 1090. The predicted molar refractivity (Wildman–Crippen MR) is 115 cm³/mol. The lowest BCUT2D eigenvalue weighted by atomic mass is 10.1. The Kier molecular flexibility index (Phi) is 6.15. The van der Waals surface area contributed by atoms with Gasteiger partial charge in [0.2, 0.25) is 10.0 Å². The van der Waals surface area contributed by atoms with E-state index < -0.39 is 10.0 Å². The SMILES string of the molecule is Cc1cc(C)cc(NC(=O)c2ccc(CN(C)S(=O)(=O)c3ccccc3)cc2)c1. The van der Waals surface area contributed by atoms with Crippen molar-refractivity contribution in [3.8, 4) is 0 Å². The number of sulfonamides is 1. The second-order valence-corrected chi connectivity index (χ2v) is 9.15. The van der Waals surface area contributed by atoms with Crippen molar-refractivity contribution in [3.05, 3.63) is 95.1 Å². The van der Waals surface area contributed by atoms with E-state index in [1.807, 2.05) is 32.0 Å². The molecule has 1 N–H and O–H groups in total. The first-order valence-electron chi connectivity index (χ1n) is 9.26. The van der Waals surface area contributed by atoms with E-state index in [9.17, 15) is 13.2 Å². The average Bonchev–Trinajstić information content (AvgIpc) is 2.68. The van der Waals surface area contributed by atoms with Gasteiger partial charge in [-0.1, -0.05) is 36.4 Å². The highest BCUT2D eigenvalue weighted by atomic mass is 32.2. The van der Waals surface area contributed by atoms with Crippen LogP contribution in [0.1, 0.15) is 27.0 Å². The number of nitrogens with one attached hydrogen (secondary N) is 1. The molecule has 3 rings (SSSR count). The van der Waals surface area contributed by atoms with Gasteiger partial charge in [0.25, 0.3) is 5.91 Å². The Morgan fingerprint density at radius 1 is 0.897 bits per heavy atom. The average molecular weight is 409 g/mol. The fraction of sp³-hybridized carbons (Fsp3) is 0.174. The van der Waals surface area contributed by atoms with Gasteiger partial charge in [-0.25, -0.2) is 8.42 Å². The minimum Gasteiger partial charge on any atom is -0.322 e. The molecule has 0 unspecified atom stereocenters. The highest BCUT2D eigenvalue weighted by Gasteiger charge is 2.20. The number of hydrogen-bond acceptors (Lipinski definition) is 3. The molecular formula is C23H24N2O3S. The maximum atomic E-state index is 12.6. The zero-order valence-corrected chi connectivity index (χ0v) is 17.5. The summed E-state index contributed by atoms with van der Waals surface area (Å²) in [5, 5.41) is 2.90. The molecule has 3 aromatic rings. The summed E-state index contributed by atoms with van der Waals surface area (Å²) < 4.78 is 26.6. The van der Waals surface area contributed by atoms with E-state index in [-0.39, 0.29) is 17.3 Å². The molecule has 0 aliphatic carbocycles. The number of aryl methyl sites for hydroxylation is 2. The van der Waals surface area contributed by atoms with Gasteiger partial charge in [-0.2, -0.15) is 4.31 Å². The van der Waals surface area contributed by atoms with Crippen LogP contribution < -0.4 is 5.32 Å². The summed E-state index contributed by atoms with van der Waals surface area (Å²) in [5.74, 6) is -0.202. The Morgan fingerprint density at radius 2 is 1.48 bits per heavy atom. The molecule has 3 aromatic carbocycles. The summed E-state index contributed by atoms with van der Waals surface area (Å²) in [6, 6.07) is 21.2. The maximum Gasteiger partial charge on any atom is 0.255 e. The van der Waals surface area contributed by atoms with Gasteiger partial charge in [-0.15, -0.1) is 0 Å². The second kappa shape index (κ2) is 8.59. The zero-order valence-electron chi connectivity index (χ0n) is 16.7. The molecule has 1 amide bonds. The molecule has 0 aromatic heterocycles. The topological polar surface area (TPSA) is 66.5 Å². The van der Waals surface area contributed by atoms with Crippen LogP contribution in [0.25, 0.3) is 0 Å². The van der Waals surface area contributed by atoms with Gasteiger partial charge in [0.05, 0.1) is 4.90 Å². The van der Waals surface area contributed by atoms with Crippen LogP contribution in [0.3, 0.4) is 0 Å². The molecule has 150 valence electrons. The highest BCUT2D eigenvalue weighted by molar-refractivity contribution is 7.89. The standard InChI is InChI=1S/C23H24N2O3S/c1-17-13-18(2)15-21(14-17)24-23(26)20-11-9-19(10-12-20)16-25(3)29(27,28)22-7-5-4-6-8-22/h4-15H,16H2,1-3H3,(H,24,26). The molecule has 0 aliphatic heterocycles. The van der Waals surface area contributed by atoms with Crippen LogP contribution in [0.4, 0.5) is 5.69 Å². The van der Waals surface area contributed by atoms with Crippen molar-refractivity contribution in [2.45, 2.75) is 25.3 Å². The van der Waals surface area contributed by atoms with Crippen molar-refractivity contribution in [1.29, 1.82) is 0 Å². The first kappa shape index (κ1) is 20.8. The Labute approximate surface area is 172 Å². The van der Waals surface area contributed by atoms with Gasteiger partial charge in [-0.3, -0.25) is 4.79 Å². The van der Waals surface area contributed by atoms with Crippen molar-refractivity contribution in [2.24, 2.45) is 0 Å². The zero-order chi connectivity index (χ0) is 21.0. The number of carbonyl (C=O) groups is 1. The minimum atomic E-state index is -3.56. The number of benzene rings is 3. The van der Waals surface area contributed by atoms with Crippen molar-refractivity contribution < 1.29 is 13.2 Å². The van der Waals surface area contributed by atoms with E-state index >= 15 is 0 Å². The summed E-state index contributed by atoms with van der Waals surface area (Å²) >= 11 is 0. The van der Waals surface area contributed by atoms with E-state index in [1.54, 1.807) is 61.6 Å². The van der Waals surface area contributed by atoms with E-state index in [2.05, 4.69) is 5.32 Å². The number of hydrogen-bond donors (Lipinski definition) is 1. The van der Waals surface area contributed by atoms with Crippen LogP contribution in [0.15, 0.2) is 77.7 Å². The normalized spacial score (nSPS) is 11.4. The third kappa shape index (κ3) is 5.10. The predicted octanol–water partition coefficient (Wildman–Crippen LogP) is 4.38. The quantitative estimate of drug-likeness (QED) is 0.658. The summed E-state index contributed by atoms with van der Waals surface area (Å²) in [4.78, 5) is 12.8. The third-order valence-corrected chi connectivity index (χ3v) is 6.37. The molecule has 0 bridgehead atoms. The fourth-order valence-corrected chi connectivity index (χ4v) is 4.31. The Hall–Kier alpha value is -2.96. The molecule has 0 heterocycles. The molecule has 0 radical (unpaired) electrons. The van der Waals surface area contributed by atoms with Gasteiger partial charge in [-0.05, 0) is 66.9 Å². The number of anilines is 1. The van der Waals surface area contributed by atoms with Crippen molar-refractivity contribution in [1.82, 2.24) is 4.31 Å².